The maximum atomic E-state index is 5.59. The monoisotopic (exact) mass is 324 g/mol. The van der Waals surface area contributed by atoms with E-state index in [1.54, 1.807) is 4.68 Å². The van der Waals surface area contributed by atoms with E-state index in [1.165, 1.54) is 0 Å². The maximum absolute atomic E-state index is 5.59. The van der Waals surface area contributed by atoms with Crippen LogP contribution in [-0.2, 0) is 6.54 Å². The Morgan fingerprint density at radius 2 is 2.16 bits per heavy atom. The van der Waals surface area contributed by atoms with Crippen LogP contribution < -0.4 is 15.2 Å². The van der Waals surface area contributed by atoms with Crippen molar-refractivity contribution in [1.29, 1.82) is 0 Å². The number of ether oxygens (including phenoxy) is 2. The van der Waals surface area contributed by atoms with E-state index < -0.39 is 0 Å². The molecule has 0 saturated carbocycles. The normalized spacial score (nSPS) is 13.6. The minimum absolute atomic E-state index is 0.535. The van der Waals surface area contributed by atoms with Crippen LogP contribution in [0.2, 0.25) is 0 Å². The minimum Gasteiger partial charge on any atom is -0.486 e. The van der Waals surface area contributed by atoms with Gasteiger partial charge in [-0.1, -0.05) is 5.21 Å². The lowest BCUT2D eigenvalue weighted by Gasteiger charge is -2.20. The average molecular weight is 325 g/mol. The fraction of sp³-hybridized carbons (Fsp3) is 0.333. The number of fused-ring (bicyclic) bond motifs is 1. The smallest absolute Gasteiger partial charge is 0.175 e. The summed E-state index contributed by atoms with van der Waals surface area (Å²) in [6.07, 6.45) is 1.87. The van der Waals surface area contributed by atoms with E-state index in [9.17, 15) is 0 Å². The van der Waals surface area contributed by atoms with Crippen LogP contribution in [0.3, 0.4) is 0 Å². The van der Waals surface area contributed by atoms with Gasteiger partial charge in [-0.3, -0.25) is 4.68 Å². The van der Waals surface area contributed by atoms with Crippen molar-refractivity contribution < 1.29 is 9.47 Å². The Balaban J connectivity index is 1.97. The Labute approximate surface area is 118 Å². The molecule has 100 valence electrons. The van der Waals surface area contributed by atoms with Crippen molar-refractivity contribution in [3.05, 3.63) is 22.8 Å². The van der Waals surface area contributed by atoms with Crippen LogP contribution in [0.4, 0.5) is 0 Å². The number of halogens is 1. The highest BCUT2D eigenvalue weighted by Gasteiger charge is 2.17. The lowest BCUT2D eigenvalue weighted by molar-refractivity contribution is 0.170. The molecule has 0 radical (unpaired) electrons. The van der Waals surface area contributed by atoms with Gasteiger partial charge in [0.25, 0.3) is 0 Å². The largest absolute Gasteiger partial charge is 0.486 e. The van der Waals surface area contributed by atoms with E-state index in [0.717, 1.165) is 27.2 Å². The highest BCUT2D eigenvalue weighted by atomic mass is 79.9. The number of benzene rings is 1. The van der Waals surface area contributed by atoms with E-state index >= 15 is 0 Å². The molecule has 2 aromatic rings. The molecule has 6 nitrogen and oxygen atoms in total. The molecule has 3 rings (SSSR count). The summed E-state index contributed by atoms with van der Waals surface area (Å²) in [4.78, 5) is 0. The van der Waals surface area contributed by atoms with Crippen molar-refractivity contribution in [2.45, 2.75) is 6.54 Å². The van der Waals surface area contributed by atoms with Crippen LogP contribution in [0, 0.1) is 0 Å². The quantitative estimate of drug-likeness (QED) is 0.924. The molecule has 1 aliphatic rings. The van der Waals surface area contributed by atoms with Crippen LogP contribution in [0.5, 0.6) is 11.5 Å². The van der Waals surface area contributed by atoms with Crippen LogP contribution in [-0.4, -0.2) is 34.8 Å². The Bertz CT molecular complexity index is 599. The molecule has 0 atom stereocenters. The molecule has 0 bridgehead atoms. The maximum Gasteiger partial charge on any atom is 0.175 e. The zero-order chi connectivity index (χ0) is 13.2. The molecule has 0 unspecified atom stereocenters. The topological polar surface area (TPSA) is 75.2 Å². The van der Waals surface area contributed by atoms with E-state index in [2.05, 4.69) is 26.2 Å². The third kappa shape index (κ3) is 2.43. The molecule has 0 aliphatic carbocycles. The van der Waals surface area contributed by atoms with Gasteiger partial charge in [-0.2, -0.15) is 0 Å². The molecule has 1 aliphatic heterocycles. The summed E-state index contributed by atoms with van der Waals surface area (Å²) >= 11 is 3.49. The summed E-state index contributed by atoms with van der Waals surface area (Å²) in [7, 11) is 0. The number of nitrogens with zero attached hydrogens (tertiary/aromatic N) is 3. The predicted octanol–water partition coefficient (Wildman–Crippen LogP) is 1.44. The molecular weight excluding hydrogens is 312 g/mol. The van der Waals surface area contributed by atoms with Gasteiger partial charge in [-0.15, -0.1) is 5.10 Å². The number of hydrogen-bond donors (Lipinski definition) is 1. The van der Waals surface area contributed by atoms with E-state index in [4.69, 9.17) is 15.2 Å². The molecule has 1 aromatic carbocycles. The zero-order valence-corrected chi connectivity index (χ0v) is 11.8. The highest BCUT2D eigenvalue weighted by Crippen LogP contribution is 2.40. The lowest BCUT2D eigenvalue weighted by atomic mass is 10.1. The molecule has 0 fully saturated rings. The fourth-order valence-corrected chi connectivity index (χ4v) is 2.49. The van der Waals surface area contributed by atoms with Gasteiger partial charge in [0, 0.05) is 12.1 Å². The Morgan fingerprint density at radius 1 is 1.32 bits per heavy atom. The van der Waals surface area contributed by atoms with Crippen molar-refractivity contribution >= 4 is 15.9 Å². The van der Waals surface area contributed by atoms with E-state index in [-0.39, 0.29) is 0 Å². The summed E-state index contributed by atoms with van der Waals surface area (Å²) in [5, 5.41) is 8.16. The van der Waals surface area contributed by atoms with Crippen molar-refractivity contribution in [3.8, 4) is 22.8 Å². The summed E-state index contributed by atoms with van der Waals surface area (Å²) in [6.45, 7) is 2.31. The van der Waals surface area contributed by atoms with Gasteiger partial charge in [0.1, 0.15) is 18.9 Å². The van der Waals surface area contributed by atoms with Gasteiger partial charge in [0.05, 0.1) is 17.2 Å². The first kappa shape index (κ1) is 12.4. The first-order valence-electron chi connectivity index (χ1n) is 5.97. The van der Waals surface area contributed by atoms with Gasteiger partial charge in [-0.05, 0) is 28.1 Å². The van der Waals surface area contributed by atoms with Crippen molar-refractivity contribution in [1.82, 2.24) is 15.0 Å². The number of hydrogen-bond acceptors (Lipinski definition) is 5. The summed E-state index contributed by atoms with van der Waals surface area (Å²) in [6, 6.07) is 3.86. The second-order valence-corrected chi connectivity index (χ2v) is 4.99. The Morgan fingerprint density at radius 3 is 3.00 bits per heavy atom. The first-order chi connectivity index (χ1) is 9.28. The van der Waals surface area contributed by atoms with Crippen molar-refractivity contribution in [3.63, 3.8) is 0 Å². The second kappa shape index (κ2) is 5.18. The fourth-order valence-electron chi connectivity index (χ4n) is 1.93. The number of nitrogens with two attached hydrogens (primary N) is 1. The molecule has 2 heterocycles. The first-order valence-corrected chi connectivity index (χ1v) is 6.77. The van der Waals surface area contributed by atoms with Crippen LogP contribution in [0.1, 0.15) is 0 Å². The van der Waals surface area contributed by atoms with Crippen LogP contribution >= 0.6 is 15.9 Å². The standard InChI is InChI=1S/C12H13BrN4O2/c13-9-5-8(6-11-12(9)19-4-3-18-11)10-7-17(2-1-14)16-15-10/h5-7H,1-4,14H2. The molecule has 0 spiro atoms. The molecular formula is C12H13BrN4O2. The zero-order valence-electron chi connectivity index (χ0n) is 10.2. The predicted molar refractivity (Wildman–Crippen MR) is 73.2 cm³/mol. The molecule has 2 N–H and O–H groups in total. The van der Waals surface area contributed by atoms with E-state index in [0.29, 0.717) is 26.3 Å². The minimum atomic E-state index is 0.535. The van der Waals surface area contributed by atoms with Gasteiger partial charge in [-0.25, -0.2) is 0 Å². The van der Waals surface area contributed by atoms with Crippen LogP contribution in [0.15, 0.2) is 22.8 Å². The summed E-state index contributed by atoms with van der Waals surface area (Å²) in [5.41, 5.74) is 7.20. The highest BCUT2D eigenvalue weighted by molar-refractivity contribution is 9.10. The van der Waals surface area contributed by atoms with Gasteiger partial charge in [0.2, 0.25) is 0 Å². The van der Waals surface area contributed by atoms with E-state index in [1.807, 2.05) is 18.3 Å². The number of rotatable bonds is 3. The van der Waals surface area contributed by atoms with Crippen molar-refractivity contribution in [2.24, 2.45) is 5.73 Å². The molecule has 19 heavy (non-hydrogen) atoms. The van der Waals surface area contributed by atoms with Crippen molar-refractivity contribution in [2.75, 3.05) is 19.8 Å². The summed E-state index contributed by atoms with van der Waals surface area (Å²) in [5.74, 6) is 1.47. The van der Waals surface area contributed by atoms with Gasteiger partial charge in [0.15, 0.2) is 11.5 Å². The SMILES string of the molecule is NCCn1cc(-c2cc(Br)c3c(c2)OCCO3)nn1. The molecule has 0 saturated heterocycles. The van der Waals surface area contributed by atoms with Gasteiger partial charge >= 0.3 is 0 Å². The summed E-state index contributed by atoms with van der Waals surface area (Å²) < 4.78 is 13.7. The molecule has 0 amide bonds. The Hall–Kier alpha value is -1.60. The molecule has 1 aromatic heterocycles. The lowest BCUT2D eigenvalue weighted by Crippen LogP contribution is -2.15. The Kier molecular flexibility index (Phi) is 3.39. The third-order valence-corrected chi connectivity index (χ3v) is 3.38. The van der Waals surface area contributed by atoms with Crippen LogP contribution in [0.25, 0.3) is 11.3 Å². The second-order valence-electron chi connectivity index (χ2n) is 4.14. The molecule has 7 heteroatoms. The number of aromatic nitrogens is 3. The third-order valence-electron chi connectivity index (χ3n) is 2.79. The average Bonchev–Trinajstić information content (AvgIpc) is 2.88. The van der Waals surface area contributed by atoms with Gasteiger partial charge < -0.3 is 15.2 Å².